The molecule has 10 radical (unpaired) electrons. The van der Waals surface area contributed by atoms with Crippen LogP contribution in [0.1, 0.15) is 39.5 Å². The van der Waals surface area contributed by atoms with E-state index in [0.717, 1.165) is 0 Å². The van der Waals surface area contributed by atoms with Crippen molar-refractivity contribution in [1.29, 1.82) is 0 Å². The maximum absolute atomic E-state index is 3.69. The van der Waals surface area contributed by atoms with Crippen molar-refractivity contribution in [1.82, 2.24) is 5.32 Å². The van der Waals surface area contributed by atoms with Gasteiger partial charge < -0.3 is 5.32 Å². The topological polar surface area (TPSA) is 12.0 Å². The molecule has 3 fully saturated rings. The fourth-order valence-corrected chi connectivity index (χ4v) is 3.54. The minimum Gasteiger partial charge on any atom is -0.313 e. The first-order valence-electron chi connectivity index (χ1n) is 7.95. The molecule has 0 amide bonds. The van der Waals surface area contributed by atoms with Crippen LogP contribution in [0.5, 0.6) is 0 Å². The average Bonchev–Trinajstić information content (AvgIpc) is 3.25. The maximum atomic E-state index is 3.69. The largest absolute Gasteiger partial charge is 2.00 e. The Labute approximate surface area is 143 Å². The second kappa shape index (κ2) is 10.3. The molecule has 2 heteroatoms. The molecule has 1 atom stereocenters. The maximum Gasteiger partial charge on any atom is 2.00 e. The molecular weight excluding hydrogens is 298 g/mol. The third-order valence-electron chi connectivity index (χ3n) is 4.78. The molecule has 1 saturated heterocycles. The van der Waals surface area contributed by atoms with Crippen LogP contribution in [-0.2, 0) is 17.1 Å². The van der Waals surface area contributed by atoms with E-state index in [2.05, 4.69) is 44.8 Å². The molecule has 0 aromatic rings. The quantitative estimate of drug-likeness (QED) is 0.771. The Kier molecular flexibility index (Phi) is 9.57. The smallest absolute Gasteiger partial charge is 0.313 e. The van der Waals surface area contributed by atoms with E-state index in [9.17, 15) is 0 Å². The second-order valence-corrected chi connectivity index (χ2v) is 5.65. The van der Waals surface area contributed by atoms with Crippen molar-refractivity contribution in [2.75, 3.05) is 6.54 Å². The van der Waals surface area contributed by atoms with Gasteiger partial charge in [0.15, 0.2) is 0 Å². The molecule has 0 spiro atoms. The second-order valence-electron chi connectivity index (χ2n) is 5.65. The first-order chi connectivity index (χ1) is 9.83. The molecule has 114 valence electrons. The zero-order valence-corrected chi connectivity index (χ0v) is 14.3. The van der Waals surface area contributed by atoms with Crippen molar-refractivity contribution in [2.45, 2.75) is 45.6 Å². The Bertz CT molecular complexity index is 221. The average molecular weight is 325 g/mol. The molecule has 3 aliphatic rings. The van der Waals surface area contributed by atoms with Crippen LogP contribution in [0, 0.1) is 69.1 Å². The van der Waals surface area contributed by atoms with Gasteiger partial charge in [0.05, 0.1) is 0 Å². The summed E-state index contributed by atoms with van der Waals surface area (Å²) in [6.07, 6.45) is 24.1. The number of nitrogens with one attached hydrogen (secondary N) is 1. The molecule has 0 aromatic heterocycles. The van der Waals surface area contributed by atoms with Gasteiger partial charge in [0.2, 0.25) is 0 Å². The van der Waals surface area contributed by atoms with Gasteiger partial charge in [-0.25, -0.2) is 0 Å². The summed E-state index contributed by atoms with van der Waals surface area (Å²) >= 11 is 0. The van der Waals surface area contributed by atoms with Crippen LogP contribution in [0.4, 0.5) is 0 Å². The van der Waals surface area contributed by atoms with Gasteiger partial charge in [-0.15, -0.1) is 0 Å². The molecule has 0 bridgehead atoms. The molecule has 2 saturated carbocycles. The molecule has 1 nitrogen and oxygen atoms in total. The van der Waals surface area contributed by atoms with Gasteiger partial charge in [-0.1, -0.05) is 13.8 Å². The number of hydrogen-bond acceptors (Lipinski definition) is 1. The minimum atomic E-state index is 0. The van der Waals surface area contributed by atoms with E-state index in [1.54, 1.807) is 0 Å². The standard InChI is InChI=1S/C14H22N.C5H5.Fe/c1-3-14(4-2,12-8-5-6-9-12)13-10-7-11-15-13;1-2-4-5-3-1;/h5-6,8-9,13,15H,3-4,7,10-11H2,1-2H3;1-5H;/q;;+2/t13-;;/m0../s1. The summed E-state index contributed by atoms with van der Waals surface area (Å²) in [6, 6.07) is 0.690. The van der Waals surface area contributed by atoms with Crippen molar-refractivity contribution in [3.63, 3.8) is 0 Å². The first kappa shape index (κ1) is 19.5. The fraction of sp³-hybridized carbons (Fsp3) is 0.474. The molecule has 1 aliphatic heterocycles. The predicted octanol–water partition coefficient (Wildman–Crippen LogP) is 3.97. The summed E-state index contributed by atoms with van der Waals surface area (Å²) in [6.45, 7) is 5.86. The minimum absolute atomic E-state index is 0. The van der Waals surface area contributed by atoms with E-state index in [1.807, 2.05) is 32.1 Å². The van der Waals surface area contributed by atoms with Crippen LogP contribution < -0.4 is 5.32 Å². The molecule has 0 aromatic carbocycles. The van der Waals surface area contributed by atoms with E-state index >= 15 is 0 Å². The Morgan fingerprint density at radius 3 is 1.86 bits per heavy atom. The van der Waals surface area contributed by atoms with E-state index in [4.69, 9.17) is 0 Å². The van der Waals surface area contributed by atoms with Crippen LogP contribution in [0.25, 0.3) is 0 Å². The third-order valence-corrected chi connectivity index (χ3v) is 4.78. The van der Waals surface area contributed by atoms with Crippen LogP contribution in [-0.4, -0.2) is 12.6 Å². The molecule has 2 aliphatic carbocycles. The van der Waals surface area contributed by atoms with Crippen molar-refractivity contribution in [3.8, 4) is 0 Å². The predicted molar refractivity (Wildman–Crippen MR) is 86.0 cm³/mol. The van der Waals surface area contributed by atoms with Crippen molar-refractivity contribution in [2.24, 2.45) is 5.41 Å². The summed E-state index contributed by atoms with van der Waals surface area (Å²) in [7, 11) is 0. The summed E-state index contributed by atoms with van der Waals surface area (Å²) in [5.41, 5.74) is 0.375. The van der Waals surface area contributed by atoms with Gasteiger partial charge in [0, 0.05) is 6.04 Å². The van der Waals surface area contributed by atoms with Crippen LogP contribution in [0.15, 0.2) is 0 Å². The van der Waals surface area contributed by atoms with Gasteiger partial charge in [0.25, 0.3) is 0 Å². The van der Waals surface area contributed by atoms with Gasteiger partial charge >= 0.3 is 17.1 Å². The molecular formula is C19H27FeN+2. The summed E-state index contributed by atoms with van der Waals surface area (Å²) < 4.78 is 0. The Balaban J connectivity index is 0.000000313. The van der Waals surface area contributed by atoms with Crippen molar-refractivity contribution >= 4 is 0 Å². The van der Waals surface area contributed by atoms with Crippen LogP contribution in [0.3, 0.4) is 0 Å². The Morgan fingerprint density at radius 2 is 1.48 bits per heavy atom. The zero-order chi connectivity index (χ0) is 14.3. The number of hydrogen-bond donors (Lipinski definition) is 1. The Morgan fingerprint density at radius 1 is 0.952 bits per heavy atom. The SMILES string of the molecule is CCC(CC)([C]1[CH][CH][CH][CH]1)[C@@H]1CCCN1.[CH]1[CH][CH][CH][CH]1.[Fe+2]. The summed E-state index contributed by atoms with van der Waals surface area (Å²) in [5, 5.41) is 3.69. The summed E-state index contributed by atoms with van der Waals surface area (Å²) in [5.74, 6) is 1.53. The van der Waals surface area contributed by atoms with E-state index in [-0.39, 0.29) is 17.1 Å². The molecule has 0 unspecified atom stereocenters. The van der Waals surface area contributed by atoms with Crippen molar-refractivity contribution in [3.05, 3.63) is 63.7 Å². The fourth-order valence-electron chi connectivity index (χ4n) is 3.54. The molecule has 1 N–H and O–H groups in total. The van der Waals surface area contributed by atoms with Gasteiger partial charge in [-0.3, -0.25) is 0 Å². The van der Waals surface area contributed by atoms with E-state index < -0.39 is 0 Å². The van der Waals surface area contributed by atoms with Gasteiger partial charge in [-0.05, 0) is 101 Å². The third kappa shape index (κ3) is 4.98. The van der Waals surface area contributed by atoms with E-state index in [0.29, 0.717) is 11.5 Å². The van der Waals surface area contributed by atoms with Crippen molar-refractivity contribution < 1.29 is 17.1 Å². The van der Waals surface area contributed by atoms with Crippen LogP contribution in [0.2, 0.25) is 0 Å². The Hall–Kier alpha value is 0.479. The van der Waals surface area contributed by atoms with Gasteiger partial charge in [-0.2, -0.15) is 0 Å². The molecule has 1 heterocycles. The summed E-state index contributed by atoms with van der Waals surface area (Å²) in [4.78, 5) is 0. The monoisotopic (exact) mass is 325 g/mol. The number of rotatable bonds is 4. The molecule has 3 rings (SSSR count). The normalized spacial score (nSPS) is 26.3. The van der Waals surface area contributed by atoms with Gasteiger partial charge in [0.1, 0.15) is 0 Å². The first-order valence-corrected chi connectivity index (χ1v) is 7.95. The zero-order valence-electron chi connectivity index (χ0n) is 13.2. The molecule has 21 heavy (non-hydrogen) atoms. The van der Waals surface area contributed by atoms with E-state index in [1.165, 1.54) is 38.1 Å². The van der Waals surface area contributed by atoms with Crippen LogP contribution >= 0.6 is 0 Å².